The summed E-state index contributed by atoms with van der Waals surface area (Å²) in [6, 6.07) is 3.21. The number of hydrogen-bond donors (Lipinski definition) is 0. The van der Waals surface area contributed by atoms with Gasteiger partial charge in [0.1, 0.15) is 11.9 Å². The second kappa shape index (κ2) is 7.42. The van der Waals surface area contributed by atoms with Crippen LogP contribution < -0.4 is 14.2 Å². The quantitative estimate of drug-likeness (QED) is 0.468. The normalized spacial score (nSPS) is 14.9. The highest BCUT2D eigenvalue weighted by Gasteiger charge is 2.29. The van der Waals surface area contributed by atoms with Gasteiger partial charge in [0.15, 0.2) is 11.5 Å². The maximum atomic E-state index is 12.0. The Labute approximate surface area is 147 Å². The smallest absolute Gasteiger partial charge is 0.379 e. The highest BCUT2D eigenvalue weighted by molar-refractivity contribution is 5.91. The van der Waals surface area contributed by atoms with Crippen molar-refractivity contribution in [3.05, 3.63) is 40.7 Å². The molecule has 6 nitrogen and oxygen atoms in total. The fraction of sp³-hybridized carbons (Fsp3) is 0.368. The molecule has 25 heavy (non-hydrogen) atoms. The Morgan fingerprint density at radius 3 is 2.36 bits per heavy atom. The minimum Gasteiger partial charge on any atom is -0.496 e. The first-order chi connectivity index (χ1) is 11.8. The first-order valence-corrected chi connectivity index (χ1v) is 7.91. The van der Waals surface area contributed by atoms with Gasteiger partial charge in [-0.15, -0.1) is 0 Å². The van der Waals surface area contributed by atoms with Crippen LogP contribution in [0.25, 0.3) is 0 Å². The molecule has 1 atom stereocenters. The average Bonchev–Trinajstić information content (AvgIpc) is 2.58. The van der Waals surface area contributed by atoms with E-state index in [9.17, 15) is 9.59 Å². The molecule has 0 radical (unpaired) electrons. The van der Waals surface area contributed by atoms with E-state index < -0.39 is 18.0 Å². The van der Waals surface area contributed by atoms with Crippen molar-refractivity contribution < 1.29 is 28.5 Å². The molecule has 2 rings (SSSR count). The van der Waals surface area contributed by atoms with E-state index in [2.05, 4.69) is 0 Å². The maximum Gasteiger partial charge on any atom is 0.379 e. The van der Waals surface area contributed by atoms with Crippen molar-refractivity contribution >= 4 is 11.9 Å². The Morgan fingerprint density at radius 1 is 1.16 bits per heavy atom. The first kappa shape index (κ1) is 18.6. The molecule has 0 spiro atoms. The lowest BCUT2D eigenvalue weighted by Gasteiger charge is -2.23. The van der Waals surface area contributed by atoms with Gasteiger partial charge < -0.3 is 18.9 Å². The molecule has 0 unspecified atom stereocenters. The number of carbonyl (C=O) groups is 2. The van der Waals surface area contributed by atoms with Crippen molar-refractivity contribution in [1.29, 1.82) is 0 Å². The second-order valence-corrected chi connectivity index (χ2v) is 5.88. The van der Waals surface area contributed by atoms with E-state index in [4.69, 9.17) is 18.9 Å². The van der Waals surface area contributed by atoms with Crippen molar-refractivity contribution in [2.75, 3.05) is 7.11 Å². The Morgan fingerprint density at radius 2 is 1.80 bits per heavy atom. The molecule has 0 aliphatic carbocycles. The summed E-state index contributed by atoms with van der Waals surface area (Å²) in [5, 5.41) is 0. The molecular weight excluding hydrogens is 324 g/mol. The van der Waals surface area contributed by atoms with E-state index in [0.717, 1.165) is 0 Å². The van der Waals surface area contributed by atoms with Gasteiger partial charge >= 0.3 is 11.9 Å². The van der Waals surface area contributed by atoms with Crippen LogP contribution in [0.3, 0.4) is 0 Å². The molecule has 6 heteroatoms. The SMILES string of the molecule is C/C=C(/C)C(=O)O[C@@H](C)c1cc2c(cc1OC)OC(=C(C)C)C(=O)O2. The van der Waals surface area contributed by atoms with E-state index in [1.54, 1.807) is 52.8 Å². The predicted octanol–water partition coefficient (Wildman–Crippen LogP) is 3.86. The molecular formula is C19H22O6. The number of allylic oxidation sites excluding steroid dienone is 2. The monoisotopic (exact) mass is 346 g/mol. The van der Waals surface area contributed by atoms with Crippen LogP contribution in [0.4, 0.5) is 0 Å². The molecule has 0 amide bonds. The van der Waals surface area contributed by atoms with Crippen LogP contribution in [0.1, 0.15) is 46.3 Å². The second-order valence-electron chi connectivity index (χ2n) is 5.88. The molecule has 1 aliphatic rings. The predicted molar refractivity (Wildman–Crippen MR) is 91.6 cm³/mol. The summed E-state index contributed by atoms with van der Waals surface area (Å²) in [6.07, 6.45) is 1.08. The van der Waals surface area contributed by atoms with Gasteiger partial charge in [-0.2, -0.15) is 0 Å². The van der Waals surface area contributed by atoms with Crippen LogP contribution in [0.15, 0.2) is 35.1 Å². The Balaban J connectivity index is 2.39. The van der Waals surface area contributed by atoms with Crippen LogP contribution in [0.5, 0.6) is 17.2 Å². The Bertz CT molecular complexity index is 768. The molecule has 0 N–H and O–H groups in total. The lowest BCUT2D eigenvalue weighted by atomic mass is 10.1. The molecule has 1 heterocycles. The molecule has 0 fully saturated rings. The summed E-state index contributed by atoms with van der Waals surface area (Å²) in [5.41, 5.74) is 1.80. The van der Waals surface area contributed by atoms with Gasteiger partial charge in [-0.05, 0) is 46.3 Å². The summed E-state index contributed by atoms with van der Waals surface area (Å²) in [7, 11) is 1.51. The fourth-order valence-electron chi connectivity index (χ4n) is 2.25. The third-order valence-electron chi connectivity index (χ3n) is 3.83. The van der Waals surface area contributed by atoms with Gasteiger partial charge in [-0.1, -0.05) is 6.08 Å². The van der Waals surface area contributed by atoms with Crippen LogP contribution in [-0.4, -0.2) is 19.0 Å². The van der Waals surface area contributed by atoms with Gasteiger partial charge in [0.05, 0.1) is 7.11 Å². The third kappa shape index (κ3) is 3.84. The van der Waals surface area contributed by atoms with E-state index in [0.29, 0.717) is 28.2 Å². The molecule has 0 aromatic heterocycles. The molecule has 1 aliphatic heterocycles. The van der Waals surface area contributed by atoms with Crippen molar-refractivity contribution in [3.8, 4) is 17.2 Å². The molecule has 134 valence electrons. The summed E-state index contributed by atoms with van der Waals surface area (Å²) < 4.78 is 21.8. The zero-order valence-corrected chi connectivity index (χ0v) is 15.3. The van der Waals surface area contributed by atoms with Gasteiger partial charge in [0, 0.05) is 17.2 Å². The largest absolute Gasteiger partial charge is 0.496 e. The number of fused-ring (bicyclic) bond motifs is 1. The van der Waals surface area contributed by atoms with Crippen LogP contribution >= 0.6 is 0 Å². The van der Waals surface area contributed by atoms with Crippen molar-refractivity contribution in [2.24, 2.45) is 0 Å². The van der Waals surface area contributed by atoms with Crippen molar-refractivity contribution in [3.63, 3.8) is 0 Å². The number of esters is 2. The lowest BCUT2D eigenvalue weighted by Crippen LogP contribution is -2.22. The van der Waals surface area contributed by atoms with E-state index in [1.807, 2.05) is 0 Å². The highest BCUT2D eigenvalue weighted by atomic mass is 16.6. The summed E-state index contributed by atoms with van der Waals surface area (Å²) in [6.45, 7) is 8.68. The van der Waals surface area contributed by atoms with Crippen LogP contribution in [0, 0.1) is 0 Å². The molecule has 0 saturated carbocycles. The molecule has 1 aromatic rings. The topological polar surface area (TPSA) is 71.1 Å². The summed E-state index contributed by atoms with van der Waals surface area (Å²) >= 11 is 0. The maximum absolute atomic E-state index is 12.0. The van der Waals surface area contributed by atoms with E-state index >= 15 is 0 Å². The number of benzene rings is 1. The standard InChI is InChI=1S/C19H22O6/c1-7-11(4)18(20)23-12(5)13-8-15-16(9-14(13)22-6)24-17(10(2)3)19(21)25-15/h7-9,12H,1-6H3/b11-7-/t12-/m0/s1. The van der Waals surface area contributed by atoms with Crippen LogP contribution in [-0.2, 0) is 14.3 Å². The minimum atomic E-state index is -0.591. The Kier molecular flexibility index (Phi) is 5.51. The van der Waals surface area contributed by atoms with Gasteiger partial charge in [-0.3, -0.25) is 0 Å². The fourth-order valence-corrected chi connectivity index (χ4v) is 2.25. The average molecular weight is 346 g/mol. The number of carbonyl (C=O) groups excluding carboxylic acids is 2. The number of hydrogen-bond acceptors (Lipinski definition) is 6. The number of rotatable bonds is 4. The lowest BCUT2D eigenvalue weighted by molar-refractivity contribution is -0.144. The highest BCUT2D eigenvalue weighted by Crippen LogP contribution is 2.42. The van der Waals surface area contributed by atoms with Crippen molar-refractivity contribution in [2.45, 2.75) is 40.7 Å². The van der Waals surface area contributed by atoms with Crippen LogP contribution in [0.2, 0.25) is 0 Å². The molecule has 0 saturated heterocycles. The summed E-state index contributed by atoms with van der Waals surface area (Å²) in [5.74, 6) is 0.289. The number of methoxy groups -OCH3 is 1. The van der Waals surface area contributed by atoms with Crippen molar-refractivity contribution in [1.82, 2.24) is 0 Å². The third-order valence-corrected chi connectivity index (χ3v) is 3.83. The molecule has 0 bridgehead atoms. The van der Waals surface area contributed by atoms with Gasteiger partial charge in [0.2, 0.25) is 5.76 Å². The zero-order chi connectivity index (χ0) is 18.7. The zero-order valence-electron chi connectivity index (χ0n) is 15.3. The van der Waals surface area contributed by atoms with E-state index in [-0.39, 0.29) is 11.5 Å². The molecule has 1 aromatic carbocycles. The number of ether oxygens (including phenoxy) is 4. The van der Waals surface area contributed by atoms with Gasteiger partial charge in [0.25, 0.3) is 0 Å². The van der Waals surface area contributed by atoms with E-state index in [1.165, 1.54) is 7.11 Å². The van der Waals surface area contributed by atoms with Gasteiger partial charge in [-0.25, -0.2) is 9.59 Å². The summed E-state index contributed by atoms with van der Waals surface area (Å²) in [4.78, 5) is 24.0. The first-order valence-electron chi connectivity index (χ1n) is 7.91. The minimum absolute atomic E-state index is 0.158. The Hall–Kier alpha value is -2.76.